The Balaban J connectivity index is 1.42. The molecule has 0 aliphatic carbocycles. The highest BCUT2D eigenvalue weighted by Gasteiger charge is 2.34. The molecule has 1 fully saturated rings. The second-order valence-corrected chi connectivity index (χ2v) is 9.43. The Bertz CT molecular complexity index is 1340. The van der Waals surface area contributed by atoms with Crippen LogP contribution in [-0.4, -0.2) is 57.8 Å². The highest BCUT2D eigenvalue weighted by atomic mass is 79.9. The number of benzene rings is 2. The van der Waals surface area contributed by atoms with Crippen LogP contribution >= 0.6 is 15.9 Å². The van der Waals surface area contributed by atoms with Crippen LogP contribution in [0.15, 0.2) is 57.7 Å². The Labute approximate surface area is 208 Å². The van der Waals surface area contributed by atoms with Gasteiger partial charge in [0, 0.05) is 60.7 Å². The monoisotopic (exact) mass is 546 g/mol. The molecule has 4 aromatic rings. The summed E-state index contributed by atoms with van der Waals surface area (Å²) in [5.41, 5.74) is 2.19. The molecule has 3 heterocycles. The maximum atomic E-state index is 13.0. The van der Waals surface area contributed by atoms with Gasteiger partial charge in [-0.05, 0) is 25.2 Å². The van der Waals surface area contributed by atoms with E-state index in [-0.39, 0.29) is 5.82 Å². The number of aromatic nitrogens is 4. The molecule has 1 saturated heterocycles. The molecule has 7 nitrogen and oxygen atoms in total. The van der Waals surface area contributed by atoms with Crippen LogP contribution in [0.5, 0.6) is 0 Å². The first-order chi connectivity index (χ1) is 16.7. The Hall–Kier alpha value is -3.18. The Morgan fingerprint density at radius 1 is 0.914 bits per heavy atom. The summed E-state index contributed by atoms with van der Waals surface area (Å²) in [4.78, 5) is 13.0. The lowest BCUT2D eigenvalue weighted by Gasteiger charge is -2.34. The van der Waals surface area contributed by atoms with Crippen molar-refractivity contribution in [1.82, 2.24) is 24.6 Å². The molecule has 5 rings (SSSR count). The van der Waals surface area contributed by atoms with Crippen LogP contribution in [0.4, 0.5) is 18.9 Å². The third-order valence-corrected chi connectivity index (χ3v) is 6.52. The molecule has 0 N–H and O–H groups in total. The van der Waals surface area contributed by atoms with E-state index in [2.05, 4.69) is 47.9 Å². The van der Waals surface area contributed by atoms with Gasteiger partial charge in [-0.15, -0.1) is 0 Å². The van der Waals surface area contributed by atoms with Crippen molar-refractivity contribution >= 4 is 21.6 Å². The van der Waals surface area contributed by atoms with Crippen LogP contribution in [-0.2, 0) is 13.2 Å². The summed E-state index contributed by atoms with van der Waals surface area (Å²) < 4.78 is 46.9. The summed E-state index contributed by atoms with van der Waals surface area (Å²) in [6.45, 7) is 3.74. The van der Waals surface area contributed by atoms with E-state index in [1.165, 1.54) is 11.6 Å². The standard InChI is InChI=1S/C24H22BrF3N6O/c1-32-9-11-34(12-10-32)19-8-7-17(25)13-18(19)23-30-21(31-35-23)15-3-5-16(6-4-15)22-29-20(14-33(22)2)24(26,27)28/h3-8,13-14H,9-12H2,1-2H3. The van der Waals surface area contributed by atoms with Crippen LogP contribution in [0.25, 0.3) is 34.2 Å². The van der Waals surface area contributed by atoms with Gasteiger partial charge in [-0.2, -0.15) is 18.2 Å². The lowest BCUT2D eigenvalue weighted by Crippen LogP contribution is -2.44. The van der Waals surface area contributed by atoms with E-state index in [0.29, 0.717) is 22.8 Å². The third-order valence-electron chi connectivity index (χ3n) is 6.03. The third kappa shape index (κ3) is 4.83. The van der Waals surface area contributed by atoms with Crippen molar-refractivity contribution < 1.29 is 17.7 Å². The summed E-state index contributed by atoms with van der Waals surface area (Å²) in [6.07, 6.45) is -3.52. The SMILES string of the molecule is CN1CCN(c2ccc(Br)cc2-c2nc(-c3ccc(-c4nc(C(F)(F)F)cn4C)cc3)no2)CC1. The summed E-state index contributed by atoms with van der Waals surface area (Å²) in [6, 6.07) is 12.9. The van der Waals surface area contributed by atoms with Gasteiger partial charge in [0.25, 0.3) is 5.89 Å². The van der Waals surface area contributed by atoms with E-state index < -0.39 is 11.9 Å². The molecule has 0 spiro atoms. The zero-order valence-electron chi connectivity index (χ0n) is 19.1. The molecule has 0 unspecified atom stereocenters. The smallest absolute Gasteiger partial charge is 0.368 e. The number of hydrogen-bond donors (Lipinski definition) is 0. The van der Waals surface area contributed by atoms with Crippen LogP contribution in [0.1, 0.15) is 5.69 Å². The van der Waals surface area contributed by atoms with Gasteiger partial charge in [-0.3, -0.25) is 0 Å². The van der Waals surface area contributed by atoms with Crippen molar-refractivity contribution in [3.63, 3.8) is 0 Å². The van der Waals surface area contributed by atoms with E-state index in [1.807, 2.05) is 18.2 Å². The average Bonchev–Trinajstić information content (AvgIpc) is 3.47. The number of halogens is 4. The van der Waals surface area contributed by atoms with Gasteiger partial charge in [0.15, 0.2) is 5.69 Å². The van der Waals surface area contributed by atoms with Gasteiger partial charge in [0.2, 0.25) is 5.82 Å². The first-order valence-electron chi connectivity index (χ1n) is 11.0. The average molecular weight is 547 g/mol. The lowest BCUT2D eigenvalue weighted by atomic mass is 10.1. The molecular formula is C24H22BrF3N6O. The van der Waals surface area contributed by atoms with Crippen molar-refractivity contribution in [3.05, 3.63) is 58.8 Å². The summed E-state index contributed by atoms with van der Waals surface area (Å²) >= 11 is 3.53. The highest BCUT2D eigenvalue weighted by Crippen LogP contribution is 2.35. The molecule has 2 aromatic heterocycles. The number of piperazine rings is 1. The maximum Gasteiger partial charge on any atom is 0.434 e. The normalized spacial score (nSPS) is 15.1. The Kier molecular flexibility index (Phi) is 6.14. The van der Waals surface area contributed by atoms with Crippen molar-refractivity contribution in [2.45, 2.75) is 6.18 Å². The number of nitrogens with zero attached hydrogens (tertiary/aromatic N) is 6. The van der Waals surface area contributed by atoms with E-state index in [9.17, 15) is 13.2 Å². The molecule has 1 aliphatic rings. The minimum atomic E-state index is -4.49. The topological polar surface area (TPSA) is 63.2 Å². The molecule has 1 aliphatic heterocycles. The second-order valence-electron chi connectivity index (χ2n) is 8.51. The van der Waals surface area contributed by atoms with Crippen molar-refractivity contribution in [2.24, 2.45) is 7.05 Å². The zero-order chi connectivity index (χ0) is 24.7. The van der Waals surface area contributed by atoms with Crippen LogP contribution in [0, 0.1) is 0 Å². The Morgan fingerprint density at radius 3 is 2.26 bits per heavy atom. The van der Waals surface area contributed by atoms with Gasteiger partial charge in [-0.25, -0.2) is 4.98 Å². The number of alkyl halides is 3. The summed E-state index contributed by atoms with van der Waals surface area (Å²) in [5, 5.41) is 4.15. The molecule has 2 aromatic carbocycles. The minimum absolute atomic E-state index is 0.226. The number of likely N-dealkylation sites (N-methyl/N-ethyl adjacent to an activating group) is 1. The molecule has 182 valence electrons. The van der Waals surface area contributed by atoms with E-state index in [0.717, 1.165) is 48.1 Å². The van der Waals surface area contributed by atoms with Gasteiger partial charge < -0.3 is 18.9 Å². The fourth-order valence-electron chi connectivity index (χ4n) is 4.09. The number of anilines is 1. The molecule has 0 radical (unpaired) electrons. The molecule has 0 saturated carbocycles. The van der Waals surface area contributed by atoms with Gasteiger partial charge in [-0.1, -0.05) is 45.4 Å². The molecule has 0 bridgehead atoms. The molecule has 35 heavy (non-hydrogen) atoms. The number of hydrogen-bond acceptors (Lipinski definition) is 6. The first-order valence-corrected chi connectivity index (χ1v) is 11.8. The lowest BCUT2D eigenvalue weighted by molar-refractivity contribution is -0.140. The molecule has 11 heteroatoms. The van der Waals surface area contributed by atoms with Crippen molar-refractivity contribution in [1.29, 1.82) is 0 Å². The highest BCUT2D eigenvalue weighted by molar-refractivity contribution is 9.10. The Morgan fingerprint density at radius 2 is 1.60 bits per heavy atom. The predicted octanol–water partition coefficient (Wildman–Crippen LogP) is 5.34. The number of aryl methyl sites for hydroxylation is 1. The second kappa shape index (κ2) is 9.12. The minimum Gasteiger partial charge on any atom is -0.368 e. The van der Waals surface area contributed by atoms with E-state index in [1.54, 1.807) is 24.3 Å². The van der Waals surface area contributed by atoms with Gasteiger partial charge in [0.05, 0.1) is 5.56 Å². The largest absolute Gasteiger partial charge is 0.434 e. The fourth-order valence-corrected chi connectivity index (χ4v) is 4.45. The molecule has 0 atom stereocenters. The van der Waals surface area contributed by atoms with E-state index >= 15 is 0 Å². The number of imidazole rings is 1. The molecule has 0 amide bonds. The van der Waals surface area contributed by atoms with Crippen molar-refractivity contribution in [3.8, 4) is 34.2 Å². The van der Waals surface area contributed by atoms with Gasteiger partial charge >= 0.3 is 6.18 Å². The first kappa shape index (κ1) is 23.6. The van der Waals surface area contributed by atoms with E-state index in [4.69, 9.17) is 4.52 Å². The quantitative estimate of drug-likeness (QED) is 0.344. The number of rotatable bonds is 4. The van der Waals surface area contributed by atoms with Crippen LogP contribution in [0.2, 0.25) is 0 Å². The van der Waals surface area contributed by atoms with Gasteiger partial charge in [0.1, 0.15) is 5.82 Å². The van der Waals surface area contributed by atoms with Crippen LogP contribution < -0.4 is 4.90 Å². The zero-order valence-corrected chi connectivity index (χ0v) is 20.6. The summed E-state index contributed by atoms with van der Waals surface area (Å²) in [5.74, 6) is 1.02. The predicted molar refractivity (Wildman–Crippen MR) is 130 cm³/mol. The molecular weight excluding hydrogens is 525 g/mol. The van der Waals surface area contributed by atoms with Crippen LogP contribution in [0.3, 0.4) is 0 Å². The fraction of sp³-hybridized carbons (Fsp3) is 0.292. The van der Waals surface area contributed by atoms with Crippen molar-refractivity contribution in [2.75, 3.05) is 38.1 Å². The maximum absolute atomic E-state index is 13.0. The summed E-state index contributed by atoms with van der Waals surface area (Å²) in [7, 11) is 3.64.